The molecule has 3 heteroatoms. The molecular formula is C18H27ClN2. The maximum absolute atomic E-state index is 6.96. The van der Waals surface area contributed by atoms with Gasteiger partial charge in [0.15, 0.2) is 0 Å². The molecule has 1 aromatic heterocycles. The van der Waals surface area contributed by atoms with Crippen LogP contribution in [0.25, 0.3) is 0 Å². The molecule has 1 aromatic rings. The lowest BCUT2D eigenvalue weighted by Crippen LogP contribution is -2.53. The summed E-state index contributed by atoms with van der Waals surface area (Å²) in [6, 6.07) is 2.05. The molecule has 2 N–H and O–H groups in total. The highest BCUT2D eigenvalue weighted by molar-refractivity contribution is 6.31. The van der Waals surface area contributed by atoms with Crippen molar-refractivity contribution in [2.75, 3.05) is 0 Å². The average Bonchev–Trinajstić information content (AvgIpc) is 2.51. The van der Waals surface area contributed by atoms with E-state index in [9.17, 15) is 0 Å². The number of halogens is 1. The minimum absolute atomic E-state index is 0.0642. The quantitative estimate of drug-likeness (QED) is 0.875. The van der Waals surface area contributed by atoms with E-state index >= 15 is 0 Å². The second-order valence-electron chi connectivity index (χ2n) is 7.13. The van der Waals surface area contributed by atoms with E-state index in [0.717, 1.165) is 23.8 Å². The topological polar surface area (TPSA) is 38.9 Å². The molecule has 0 aromatic carbocycles. The van der Waals surface area contributed by atoms with Gasteiger partial charge in [-0.1, -0.05) is 56.5 Å². The minimum Gasteiger partial charge on any atom is -0.325 e. The van der Waals surface area contributed by atoms with Crippen molar-refractivity contribution in [1.82, 2.24) is 4.98 Å². The van der Waals surface area contributed by atoms with Crippen LogP contribution in [0.2, 0.25) is 5.02 Å². The van der Waals surface area contributed by atoms with Gasteiger partial charge in [0.25, 0.3) is 0 Å². The fraction of sp³-hybridized carbons (Fsp3) is 0.722. The number of pyridine rings is 1. The molecule has 0 aliphatic heterocycles. The van der Waals surface area contributed by atoms with Gasteiger partial charge in [-0.25, -0.2) is 0 Å². The number of nitrogens with two attached hydrogens (primary N) is 1. The van der Waals surface area contributed by atoms with Gasteiger partial charge >= 0.3 is 0 Å². The van der Waals surface area contributed by atoms with Gasteiger partial charge in [0.1, 0.15) is 0 Å². The van der Waals surface area contributed by atoms with Gasteiger partial charge in [0, 0.05) is 17.9 Å². The van der Waals surface area contributed by atoms with Gasteiger partial charge in [0.05, 0.1) is 5.02 Å². The molecule has 2 nitrogen and oxygen atoms in total. The average molecular weight is 307 g/mol. The van der Waals surface area contributed by atoms with Crippen LogP contribution in [0, 0.1) is 11.8 Å². The molecule has 0 bridgehead atoms. The second-order valence-corrected chi connectivity index (χ2v) is 7.53. The van der Waals surface area contributed by atoms with E-state index in [1.54, 1.807) is 6.20 Å². The van der Waals surface area contributed by atoms with Crippen LogP contribution in [-0.4, -0.2) is 10.5 Å². The highest BCUT2D eigenvalue weighted by Gasteiger charge is 2.41. The summed E-state index contributed by atoms with van der Waals surface area (Å²) in [5.74, 6) is 1.51. The van der Waals surface area contributed by atoms with Crippen molar-refractivity contribution in [2.45, 2.75) is 69.7 Å². The highest BCUT2D eigenvalue weighted by atomic mass is 35.5. The standard InChI is InChI=1S/C18H27ClN2/c19-17-13-21-11-9-15(17)12-18(20)10-5-4-8-16(18)14-6-2-1-3-7-14/h9,11,13-14,16H,1-8,10,12,20H2. The van der Waals surface area contributed by atoms with Crippen LogP contribution in [-0.2, 0) is 6.42 Å². The van der Waals surface area contributed by atoms with Crippen LogP contribution in [0.15, 0.2) is 18.5 Å². The molecule has 2 fully saturated rings. The molecule has 2 saturated carbocycles. The molecule has 0 radical (unpaired) electrons. The maximum atomic E-state index is 6.96. The molecule has 3 rings (SSSR count). The Labute approximate surface area is 133 Å². The minimum atomic E-state index is -0.0642. The van der Waals surface area contributed by atoms with Gasteiger partial charge in [-0.15, -0.1) is 0 Å². The Morgan fingerprint density at radius 3 is 2.67 bits per heavy atom. The number of rotatable bonds is 3. The lowest BCUT2D eigenvalue weighted by atomic mass is 9.62. The zero-order valence-corrected chi connectivity index (χ0v) is 13.6. The van der Waals surface area contributed by atoms with Crippen molar-refractivity contribution < 1.29 is 0 Å². The van der Waals surface area contributed by atoms with E-state index in [2.05, 4.69) is 4.98 Å². The van der Waals surface area contributed by atoms with Crippen molar-refractivity contribution in [3.05, 3.63) is 29.0 Å². The summed E-state index contributed by atoms with van der Waals surface area (Å²) in [5, 5.41) is 0.773. The molecule has 0 spiro atoms. The fourth-order valence-electron chi connectivity index (χ4n) is 4.65. The van der Waals surface area contributed by atoms with Gasteiger partial charge in [0.2, 0.25) is 0 Å². The van der Waals surface area contributed by atoms with Crippen molar-refractivity contribution in [3.63, 3.8) is 0 Å². The van der Waals surface area contributed by atoms with Crippen LogP contribution in [0.1, 0.15) is 63.4 Å². The van der Waals surface area contributed by atoms with E-state index in [-0.39, 0.29) is 5.54 Å². The Bertz CT molecular complexity index is 470. The zero-order valence-electron chi connectivity index (χ0n) is 12.9. The highest BCUT2D eigenvalue weighted by Crippen LogP contribution is 2.44. The summed E-state index contributed by atoms with van der Waals surface area (Å²) in [5.41, 5.74) is 8.07. The summed E-state index contributed by atoms with van der Waals surface area (Å²) in [6.07, 6.45) is 16.5. The molecule has 116 valence electrons. The lowest BCUT2D eigenvalue weighted by Gasteiger charge is -2.46. The normalized spacial score (nSPS) is 31.2. The fourth-order valence-corrected chi connectivity index (χ4v) is 4.84. The van der Waals surface area contributed by atoms with Crippen LogP contribution < -0.4 is 5.73 Å². The first-order chi connectivity index (χ1) is 10.2. The third-order valence-corrected chi connectivity index (χ3v) is 6.08. The Kier molecular flexibility index (Phi) is 4.85. The number of hydrogen-bond donors (Lipinski definition) is 1. The number of hydrogen-bond acceptors (Lipinski definition) is 2. The van der Waals surface area contributed by atoms with Gasteiger partial charge in [-0.3, -0.25) is 4.98 Å². The van der Waals surface area contributed by atoms with Gasteiger partial charge < -0.3 is 5.73 Å². The molecule has 2 aliphatic rings. The molecule has 0 amide bonds. The predicted molar refractivity (Wildman–Crippen MR) is 88.4 cm³/mol. The van der Waals surface area contributed by atoms with E-state index in [0.29, 0.717) is 5.92 Å². The third kappa shape index (κ3) is 3.43. The Morgan fingerprint density at radius 1 is 1.14 bits per heavy atom. The van der Waals surface area contributed by atoms with E-state index in [1.165, 1.54) is 56.9 Å². The van der Waals surface area contributed by atoms with Crippen LogP contribution in [0.5, 0.6) is 0 Å². The molecule has 21 heavy (non-hydrogen) atoms. The van der Waals surface area contributed by atoms with Crippen molar-refractivity contribution in [2.24, 2.45) is 17.6 Å². The van der Waals surface area contributed by atoms with E-state index in [1.807, 2.05) is 12.3 Å². The van der Waals surface area contributed by atoms with Crippen molar-refractivity contribution in [1.29, 1.82) is 0 Å². The Hall–Kier alpha value is -0.600. The summed E-state index contributed by atoms with van der Waals surface area (Å²) < 4.78 is 0. The van der Waals surface area contributed by atoms with Gasteiger partial charge in [-0.2, -0.15) is 0 Å². The summed E-state index contributed by atoms with van der Waals surface area (Å²) in [7, 11) is 0. The molecule has 0 saturated heterocycles. The summed E-state index contributed by atoms with van der Waals surface area (Å²) in [4.78, 5) is 4.10. The Morgan fingerprint density at radius 2 is 1.90 bits per heavy atom. The second kappa shape index (κ2) is 6.66. The lowest BCUT2D eigenvalue weighted by molar-refractivity contribution is 0.0995. The van der Waals surface area contributed by atoms with E-state index < -0.39 is 0 Å². The SMILES string of the molecule is NC1(Cc2ccncc2Cl)CCCCC1C1CCCCC1. The van der Waals surface area contributed by atoms with Crippen LogP contribution >= 0.6 is 11.6 Å². The first-order valence-corrected chi connectivity index (χ1v) is 8.94. The smallest absolute Gasteiger partial charge is 0.0621 e. The first-order valence-electron chi connectivity index (χ1n) is 8.56. The van der Waals surface area contributed by atoms with E-state index in [4.69, 9.17) is 17.3 Å². The van der Waals surface area contributed by atoms with Gasteiger partial charge in [-0.05, 0) is 42.7 Å². The summed E-state index contributed by atoms with van der Waals surface area (Å²) in [6.45, 7) is 0. The monoisotopic (exact) mass is 306 g/mol. The molecule has 2 unspecified atom stereocenters. The van der Waals surface area contributed by atoms with Crippen molar-refractivity contribution in [3.8, 4) is 0 Å². The first kappa shape index (κ1) is 15.3. The zero-order chi connectivity index (χ0) is 14.7. The Balaban J connectivity index is 1.79. The van der Waals surface area contributed by atoms with Crippen molar-refractivity contribution >= 4 is 11.6 Å². The van der Waals surface area contributed by atoms with Crippen LogP contribution in [0.4, 0.5) is 0 Å². The molecule has 2 atom stereocenters. The summed E-state index contributed by atoms with van der Waals surface area (Å²) >= 11 is 6.32. The third-order valence-electron chi connectivity index (χ3n) is 5.74. The van der Waals surface area contributed by atoms with Crippen LogP contribution in [0.3, 0.4) is 0 Å². The predicted octanol–water partition coefficient (Wildman–Crippen LogP) is 4.75. The largest absolute Gasteiger partial charge is 0.325 e. The maximum Gasteiger partial charge on any atom is 0.0621 e. The molecular weight excluding hydrogens is 280 g/mol. The number of nitrogens with zero attached hydrogens (tertiary/aromatic N) is 1. The molecule has 1 heterocycles. The molecule has 2 aliphatic carbocycles. The number of aromatic nitrogens is 1.